The van der Waals surface area contributed by atoms with Crippen LogP contribution < -0.4 is 10.6 Å². The molecule has 0 aliphatic heterocycles. The molecule has 0 spiro atoms. The summed E-state index contributed by atoms with van der Waals surface area (Å²) in [4.78, 5) is 33.1. The fourth-order valence-electron chi connectivity index (χ4n) is 5.10. The van der Waals surface area contributed by atoms with Crippen molar-refractivity contribution in [3.8, 4) is 32.8 Å². The fraction of sp³-hybridized carbons (Fsp3) is 0.278. The number of hydrogen-bond donors (Lipinski definition) is 4. The summed E-state index contributed by atoms with van der Waals surface area (Å²) in [5.41, 5.74) is 1.88. The van der Waals surface area contributed by atoms with Gasteiger partial charge in [-0.3, -0.25) is 9.59 Å². The van der Waals surface area contributed by atoms with Crippen LogP contribution in [0.25, 0.3) is 32.8 Å². The van der Waals surface area contributed by atoms with Crippen LogP contribution in [0, 0.1) is 13.8 Å². The zero-order valence-corrected chi connectivity index (χ0v) is 31.3. The number of carbonyl (C=O) groups excluding carboxylic acids is 2. The first-order valence-corrected chi connectivity index (χ1v) is 18.5. The van der Waals surface area contributed by atoms with Gasteiger partial charge < -0.3 is 20.8 Å². The van der Waals surface area contributed by atoms with E-state index in [9.17, 15) is 35.9 Å². The Balaban J connectivity index is 0.000000214. The molecule has 4 heterocycles. The van der Waals surface area contributed by atoms with E-state index >= 15 is 0 Å². The second-order valence-corrected chi connectivity index (χ2v) is 13.6. The molecule has 0 saturated carbocycles. The van der Waals surface area contributed by atoms with Crippen molar-refractivity contribution in [1.29, 1.82) is 0 Å². The molecule has 6 aromatic rings. The molecule has 56 heavy (non-hydrogen) atoms. The average molecular weight is 821 g/mol. The van der Waals surface area contributed by atoms with Crippen LogP contribution in [-0.4, -0.2) is 77.9 Å². The maximum absolute atomic E-state index is 12.9. The first-order valence-electron chi connectivity index (χ1n) is 16.8. The summed E-state index contributed by atoms with van der Waals surface area (Å²) >= 11 is 2.43. The number of nitrogens with one attached hydrogen (secondary N) is 2. The van der Waals surface area contributed by atoms with Crippen molar-refractivity contribution in [2.75, 3.05) is 26.3 Å². The van der Waals surface area contributed by atoms with Crippen LogP contribution in [0.3, 0.4) is 0 Å². The van der Waals surface area contributed by atoms with E-state index in [-0.39, 0.29) is 25.0 Å². The lowest BCUT2D eigenvalue weighted by Gasteiger charge is -2.07. The van der Waals surface area contributed by atoms with Crippen molar-refractivity contribution >= 4 is 34.5 Å². The molecule has 0 aliphatic rings. The molecule has 0 atom stereocenters. The lowest BCUT2D eigenvalue weighted by molar-refractivity contribution is -0.138. The molecule has 0 fully saturated rings. The zero-order valence-electron chi connectivity index (χ0n) is 29.6. The van der Waals surface area contributed by atoms with E-state index < -0.39 is 23.5 Å². The molecule has 12 nitrogen and oxygen atoms in total. The Labute approximate surface area is 323 Å². The van der Waals surface area contributed by atoms with E-state index in [1.54, 1.807) is 36.7 Å². The van der Waals surface area contributed by atoms with E-state index in [1.165, 1.54) is 56.6 Å². The number of amides is 2. The number of aromatic nitrogens is 6. The molecule has 6 rings (SSSR count). The van der Waals surface area contributed by atoms with Gasteiger partial charge in [-0.25, -0.2) is 19.3 Å². The minimum absolute atomic E-state index is 0.0179. The van der Waals surface area contributed by atoms with Gasteiger partial charge in [0.2, 0.25) is 10.3 Å². The quantitative estimate of drug-likeness (QED) is 0.0769. The van der Waals surface area contributed by atoms with Crippen LogP contribution in [0.1, 0.15) is 56.1 Å². The van der Waals surface area contributed by atoms with E-state index in [4.69, 9.17) is 10.2 Å². The Morgan fingerprint density at radius 2 is 1.07 bits per heavy atom. The molecule has 20 heteroatoms. The van der Waals surface area contributed by atoms with Crippen molar-refractivity contribution in [3.63, 3.8) is 0 Å². The number of alkyl halides is 6. The molecule has 4 N–H and O–H groups in total. The molecule has 0 saturated heterocycles. The average Bonchev–Trinajstić information content (AvgIpc) is 3.98. The number of hydrogen-bond acceptors (Lipinski definition) is 10. The van der Waals surface area contributed by atoms with E-state index in [2.05, 4.69) is 30.8 Å². The SMILES string of the molecule is Cc1c(C(=O)NCCCO)cnn1-c1nc(-c2cccc(C(F)(F)F)c2)cs1.Cc1c(C(=O)NCCCO)cnn1-c1nc(-c2cccc(C(F)(F)F)c2)cs1. The Bertz CT molecular complexity index is 2120. The number of carbonyl (C=O) groups is 2. The van der Waals surface area contributed by atoms with E-state index in [0.29, 0.717) is 81.2 Å². The first kappa shape index (κ1) is 41.7. The van der Waals surface area contributed by atoms with Gasteiger partial charge in [0.25, 0.3) is 11.8 Å². The van der Waals surface area contributed by atoms with Gasteiger partial charge in [0.1, 0.15) is 0 Å². The van der Waals surface area contributed by atoms with E-state index in [1.807, 2.05) is 0 Å². The van der Waals surface area contributed by atoms with Gasteiger partial charge in [-0.05, 0) is 51.0 Å². The number of nitrogens with zero attached hydrogens (tertiary/aromatic N) is 6. The summed E-state index contributed by atoms with van der Waals surface area (Å²) in [6.45, 7) is 4.07. The van der Waals surface area contributed by atoms with Gasteiger partial charge >= 0.3 is 12.4 Å². The predicted octanol–water partition coefficient (Wildman–Crippen LogP) is 6.87. The topological polar surface area (TPSA) is 160 Å². The molecule has 296 valence electrons. The number of halogens is 6. The minimum Gasteiger partial charge on any atom is -0.396 e. The lowest BCUT2D eigenvalue weighted by Crippen LogP contribution is -2.25. The summed E-state index contributed by atoms with van der Waals surface area (Å²) in [5.74, 6) is -0.626. The second-order valence-electron chi connectivity index (χ2n) is 12.0. The summed E-state index contributed by atoms with van der Waals surface area (Å²) in [6, 6.07) is 9.92. The molecular weight excluding hydrogens is 787 g/mol. The second kappa shape index (κ2) is 18.0. The van der Waals surface area contributed by atoms with Crippen LogP contribution in [0.5, 0.6) is 0 Å². The summed E-state index contributed by atoms with van der Waals surface area (Å²) < 4.78 is 80.4. The van der Waals surface area contributed by atoms with Crippen molar-refractivity contribution < 1.29 is 46.1 Å². The highest BCUT2D eigenvalue weighted by Gasteiger charge is 2.31. The number of aliphatic hydroxyl groups excluding tert-OH is 2. The lowest BCUT2D eigenvalue weighted by atomic mass is 10.1. The maximum atomic E-state index is 12.9. The monoisotopic (exact) mass is 820 g/mol. The zero-order chi connectivity index (χ0) is 40.6. The Kier molecular flexibility index (Phi) is 13.4. The standard InChI is InChI=1S/2C18H17F3N4O2S/c2*1-11-14(16(27)22-6-3-7-26)9-23-25(11)17-24-15(10-28-17)12-4-2-5-13(8-12)18(19,20)21/h2*2,4-5,8-10,26H,3,6-7H2,1H3,(H,22,27). The molecule has 0 radical (unpaired) electrons. The largest absolute Gasteiger partial charge is 0.416 e. The number of rotatable bonds is 12. The van der Waals surface area contributed by atoms with Crippen molar-refractivity contribution in [3.05, 3.63) is 105 Å². The van der Waals surface area contributed by atoms with Gasteiger partial charge in [0, 0.05) is 48.2 Å². The Morgan fingerprint density at radius 1 is 0.679 bits per heavy atom. The van der Waals surface area contributed by atoms with Gasteiger partial charge in [-0.15, -0.1) is 22.7 Å². The molecule has 2 aromatic carbocycles. The highest BCUT2D eigenvalue weighted by Crippen LogP contribution is 2.34. The summed E-state index contributed by atoms with van der Waals surface area (Å²) in [7, 11) is 0. The summed E-state index contributed by atoms with van der Waals surface area (Å²) in [5, 5.41) is 35.4. The van der Waals surface area contributed by atoms with Crippen molar-refractivity contribution in [1.82, 2.24) is 40.2 Å². The number of thiazole rings is 2. The third-order valence-electron chi connectivity index (χ3n) is 8.07. The first-order chi connectivity index (χ1) is 26.6. The molecule has 4 aromatic heterocycles. The molecular formula is C36H34F6N8O4S2. The number of aliphatic hydroxyl groups is 2. The highest BCUT2D eigenvalue weighted by molar-refractivity contribution is 7.12. The normalized spacial score (nSPS) is 11.6. The van der Waals surface area contributed by atoms with Crippen LogP contribution in [0.2, 0.25) is 0 Å². The van der Waals surface area contributed by atoms with Crippen molar-refractivity contribution in [2.45, 2.75) is 39.0 Å². The highest BCUT2D eigenvalue weighted by atomic mass is 32.1. The van der Waals surface area contributed by atoms with Crippen LogP contribution in [0.4, 0.5) is 26.3 Å². The van der Waals surface area contributed by atoms with E-state index in [0.717, 1.165) is 24.3 Å². The molecule has 0 bridgehead atoms. The van der Waals surface area contributed by atoms with Crippen molar-refractivity contribution in [2.24, 2.45) is 0 Å². The predicted molar refractivity (Wildman–Crippen MR) is 197 cm³/mol. The van der Waals surface area contributed by atoms with Crippen LogP contribution in [0.15, 0.2) is 71.7 Å². The molecule has 0 aliphatic carbocycles. The third kappa shape index (κ3) is 10.0. The van der Waals surface area contributed by atoms with Gasteiger partial charge in [0.05, 0.1) is 57.4 Å². The van der Waals surface area contributed by atoms with Gasteiger partial charge in [-0.2, -0.15) is 36.5 Å². The summed E-state index contributed by atoms with van der Waals surface area (Å²) in [6.07, 6.45) is -5.13. The minimum atomic E-state index is -4.42. The smallest absolute Gasteiger partial charge is 0.396 e. The Hall–Kier alpha value is -5.44. The van der Waals surface area contributed by atoms with Crippen LogP contribution in [-0.2, 0) is 12.4 Å². The fourth-order valence-corrected chi connectivity index (χ4v) is 6.78. The molecule has 0 unspecified atom stereocenters. The van der Waals surface area contributed by atoms with Crippen LogP contribution >= 0.6 is 22.7 Å². The number of benzene rings is 2. The van der Waals surface area contributed by atoms with Gasteiger partial charge in [-0.1, -0.05) is 24.3 Å². The van der Waals surface area contributed by atoms with Gasteiger partial charge in [0.15, 0.2) is 0 Å². The Morgan fingerprint density at radius 3 is 1.43 bits per heavy atom. The molecule has 2 amide bonds. The maximum Gasteiger partial charge on any atom is 0.416 e. The third-order valence-corrected chi connectivity index (χ3v) is 9.70.